The monoisotopic (exact) mass is 184 g/mol. The molecular formula is C11H17FO. The third kappa shape index (κ3) is 2.81. The summed E-state index contributed by atoms with van der Waals surface area (Å²) in [5.74, 6) is -0.250. The van der Waals surface area contributed by atoms with E-state index in [4.69, 9.17) is 5.11 Å². The van der Waals surface area contributed by atoms with Gasteiger partial charge in [-0.05, 0) is 36.6 Å². The molecule has 0 aliphatic carbocycles. The van der Waals surface area contributed by atoms with Gasteiger partial charge in [-0.25, -0.2) is 4.39 Å². The second-order valence-corrected chi connectivity index (χ2v) is 2.63. The lowest BCUT2D eigenvalue weighted by Gasteiger charge is -2.06. The first-order valence-electron chi connectivity index (χ1n) is 4.52. The van der Waals surface area contributed by atoms with Crippen LogP contribution in [0.4, 0.5) is 4.39 Å². The predicted octanol–water partition coefficient (Wildman–Crippen LogP) is 2.96. The number of benzene rings is 1. The Balaban J connectivity index is 0.000000671. The summed E-state index contributed by atoms with van der Waals surface area (Å²) in [6, 6.07) is 3.09. The molecule has 1 aromatic carbocycles. The van der Waals surface area contributed by atoms with Gasteiger partial charge in [0.15, 0.2) is 0 Å². The molecule has 0 radical (unpaired) electrons. The second-order valence-electron chi connectivity index (χ2n) is 2.63. The van der Waals surface area contributed by atoms with Crippen LogP contribution >= 0.6 is 0 Å². The van der Waals surface area contributed by atoms with Crippen LogP contribution in [0.3, 0.4) is 0 Å². The number of halogens is 1. The maximum atomic E-state index is 12.8. The zero-order chi connectivity index (χ0) is 10.4. The molecule has 0 saturated carbocycles. The van der Waals surface area contributed by atoms with Crippen molar-refractivity contribution in [1.29, 1.82) is 0 Å². The van der Waals surface area contributed by atoms with E-state index >= 15 is 0 Å². The van der Waals surface area contributed by atoms with E-state index in [9.17, 15) is 4.39 Å². The highest BCUT2D eigenvalue weighted by molar-refractivity contribution is 5.33. The molecule has 0 fully saturated rings. The van der Waals surface area contributed by atoms with Gasteiger partial charge in [0.1, 0.15) is 5.82 Å². The standard InChI is InChI=1S/C9H11FO.C2H6/c1-6-3-4-9(10)7(2)8(6)5-11;1-2/h3-4,11H,5H2,1-2H3;1-2H3. The Morgan fingerprint density at radius 1 is 1.23 bits per heavy atom. The van der Waals surface area contributed by atoms with E-state index in [-0.39, 0.29) is 12.4 Å². The van der Waals surface area contributed by atoms with Gasteiger partial charge in [-0.2, -0.15) is 0 Å². The first-order chi connectivity index (χ1) is 6.16. The summed E-state index contributed by atoms with van der Waals surface area (Å²) in [7, 11) is 0. The van der Waals surface area contributed by atoms with E-state index < -0.39 is 0 Å². The van der Waals surface area contributed by atoms with Gasteiger partial charge in [0.25, 0.3) is 0 Å². The first-order valence-corrected chi connectivity index (χ1v) is 4.52. The summed E-state index contributed by atoms with van der Waals surface area (Å²) in [5.41, 5.74) is 2.18. The van der Waals surface area contributed by atoms with Crippen LogP contribution in [0.1, 0.15) is 30.5 Å². The van der Waals surface area contributed by atoms with Crippen molar-refractivity contribution >= 4 is 0 Å². The summed E-state index contributed by atoms with van der Waals surface area (Å²) in [4.78, 5) is 0. The summed E-state index contributed by atoms with van der Waals surface area (Å²) < 4.78 is 12.8. The molecule has 0 unspecified atom stereocenters. The molecule has 1 rings (SSSR count). The molecule has 2 heteroatoms. The van der Waals surface area contributed by atoms with Crippen LogP contribution in [0.2, 0.25) is 0 Å². The van der Waals surface area contributed by atoms with Crippen molar-refractivity contribution in [3.05, 3.63) is 34.6 Å². The van der Waals surface area contributed by atoms with Crippen molar-refractivity contribution in [1.82, 2.24) is 0 Å². The van der Waals surface area contributed by atoms with Gasteiger partial charge < -0.3 is 5.11 Å². The molecule has 0 heterocycles. The fourth-order valence-corrected chi connectivity index (χ4v) is 1.11. The highest BCUT2D eigenvalue weighted by Gasteiger charge is 2.04. The number of hydrogen-bond donors (Lipinski definition) is 1. The lowest BCUT2D eigenvalue weighted by molar-refractivity contribution is 0.279. The molecule has 0 aliphatic heterocycles. The molecule has 0 amide bonds. The molecular weight excluding hydrogens is 167 g/mol. The van der Waals surface area contributed by atoms with Gasteiger partial charge in [-0.15, -0.1) is 0 Å². The molecule has 0 saturated heterocycles. The first kappa shape index (κ1) is 12.1. The van der Waals surface area contributed by atoms with E-state index in [1.807, 2.05) is 20.8 Å². The summed E-state index contributed by atoms with van der Waals surface area (Å²) >= 11 is 0. The smallest absolute Gasteiger partial charge is 0.126 e. The largest absolute Gasteiger partial charge is 0.392 e. The third-order valence-corrected chi connectivity index (χ3v) is 1.92. The second kappa shape index (κ2) is 5.70. The Kier molecular flexibility index (Phi) is 5.31. The Morgan fingerprint density at radius 3 is 2.15 bits per heavy atom. The van der Waals surface area contributed by atoms with E-state index in [0.717, 1.165) is 5.56 Å². The average molecular weight is 184 g/mol. The normalized spacial score (nSPS) is 9.08. The van der Waals surface area contributed by atoms with E-state index in [1.165, 1.54) is 6.07 Å². The molecule has 0 bridgehead atoms. The van der Waals surface area contributed by atoms with Crippen molar-refractivity contribution in [2.75, 3.05) is 0 Å². The molecule has 13 heavy (non-hydrogen) atoms. The van der Waals surface area contributed by atoms with Crippen LogP contribution in [-0.2, 0) is 6.61 Å². The maximum Gasteiger partial charge on any atom is 0.126 e. The van der Waals surface area contributed by atoms with Gasteiger partial charge in [-0.3, -0.25) is 0 Å². The number of hydrogen-bond acceptors (Lipinski definition) is 1. The minimum absolute atomic E-state index is 0.0879. The number of aliphatic hydroxyl groups excluding tert-OH is 1. The van der Waals surface area contributed by atoms with Crippen molar-refractivity contribution in [3.8, 4) is 0 Å². The molecule has 0 aliphatic rings. The van der Waals surface area contributed by atoms with E-state index in [2.05, 4.69) is 0 Å². The topological polar surface area (TPSA) is 20.2 Å². The van der Waals surface area contributed by atoms with Gasteiger partial charge >= 0.3 is 0 Å². The highest BCUT2D eigenvalue weighted by Crippen LogP contribution is 2.16. The summed E-state index contributed by atoms with van der Waals surface area (Å²) in [5, 5.41) is 8.86. The number of rotatable bonds is 1. The van der Waals surface area contributed by atoms with E-state index in [1.54, 1.807) is 13.0 Å². The van der Waals surface area contributed by atoms with Gasteiger partial charge in [0.2, 0.25) is 0 Å². The van der Waals surface area contributed by atoms with Crippen LogP contribution in [-0.4, -0.2) is 5.11 Å². The quantitative estimate of drug-likeness (QED) is 0.711. The molecule has 0 spiro atoms. The number of aryl methyl sites for hydroxylation is 1. The Labute approximate surface area is 79.2 Å². The fourth-order valence-electron chi connectivity index (χ4n) is 1.11. The molecule has 1 N–H and O–H groups in total. The summed E-state index contributed by atoms with van der Waals surface area (Å²) in [6.45, 7) is 7.45. The molecule has 1 nitrogen and oxygen atoms in total. The Hall–Kier alpha value is -0.890. The Bertz CT molecular complexity index is 269. The van der Waals surface area contributed by atoms with Crippen LogP contribution in [0, 0.1) is 19.7 Å². The lowest BCUT2D eigenvalue weighted by atomic mass is 10.0. The van der Waals surface area contributed by atoms with Crippen LogP contribution in [0.15, 0.2) is 12.1 Å². The van der Waals surface area contributed by atoms with Crippen LogP contribution in [0.5, 0.6) is 0 Å². The molecule has 1 aromatic rings. The predicted molar refractivity (Wildman–Crippen MR) is 53.1 cm³/mol. The SMILES string of the molecule is CC.Cc1ccc(F)c(C)c1CO. The van der Waals surface area contributed by atoms with E-state index in [0.29, 0.717) is 11.1 Å². The third-order valence-electron chi connectivity index (χ3n) is 1.92. The fraction of sp³-hybridized carbons (Fsp3) is 0.455. The van der Waals surface area contributed by atoms with Crippen molar-refractivity contribution in [2.45, 2.75) is 34.3 Å². The average Bonchev–Trinajstić information content (AvgIpc) is 2.16. The highest BCUT2D eigenvalue weighted by atomic mass is 19.1. The van der Waals surface area contributed by atoms with Crippen molar-refractivity contribution in [3.63, 3.8) is 0 Å². The maximum absolute atomic E-state index is 12.8. The van der Waals surface area contributed by atoms with Gasteiger partial charge in [0, 0.05) is 0 Å². The Morgan fingerprint density at radius 2 is 1.77 bits per heavy atom. The van der Waals surface area contributed by atoms with Crippen molar-refractivity contribution in [2.24, 2.45) is 0 Å². The van der Waals surface area contributed by atoms with Crippen LogP contribution in [0.25, 0.3) is 0 Å². The van der Waals surface area contributed by atoms with Crippen LogP contribution < -0.4 is 0 Å². The molecule has 74 valence electrons. The number of aliphatic hydroxyl groups is 1. The summed E-state index contributed by atoms with van der Waals surface area (Å²) in [6.07, 6.45) is 0. The van der Waals surface area contributed by atoms with Gasteiger partial charge in [-0.1, -0.05) is 19.9 Å². The lowest BCUT2D eigenvalue weighted by Crippen LogP contribution is -1.95. The minimum Gasteiger partial charge on any atom is -0.392 e. The molecule has 0 atom stereocenters. The van der Waals surface area contributed by atoms with Gasteiger partial charge in [0.05, 0.1) is 6.61 Å². The minimum atomic E-state index is -0.250. The zero-order valence-electron chi connectivity index (χ0n) is 8.69. The zero-order valence-corrected chi connectivity index (χ0v) is 8.69. The van der Waals surface area contributed by atoms with Crippen molar-refractivity contribution < 1.29 is 9.50 Å². The molecule has 0 aromatic heterocycles.